The summed E-state index contributed by atoms with van der Waals surface area (Å²) >= 11 is 0. The first-order chi connectivity index (χ1) is 3.79. The van der Waals surface area contributed by atoms with E-state index >= 15 is 0 Å². The molecule has 2 N–H and O–H groups in total. The molecule has 1 aliphatic heterocycles. The van der Waals surface area contributed by atoms with Crippen molar-refractivity contribution < 1.29 is 5.32 Å². The van der Waals surface area contributed by atoms with E-state index in [4.69, 9.17) is 0 Å². The van der Waals surface area contributed by atoms with E-state index in [1.54, 1.807) is 0 Å². The van der Waals surface area contributed by atoms with Crippen molar-refractivity contribution in [2.24, 2.45) is 5.92 Å². The van der Waals surface area contributed by atoms with Gasteiger partial charge in [0.05, 0.1) is 12.6 Å². The molecule has 8 heavy (non-hydrogen) atoms. The lowest BCUT2D eigenvalue weighted by atomic mass is 9.96. The van der Waals surface area contributed by atoms with Crippen LogP contribution >= 0.6 is 0 Å². The highest BCUT2D eigenvalue weighted by atomic mass is 14.9. The van der Waals surface area contributed by atoms with Crippen molar-refractivity contribution in [1.82, 2.24) is 0 Å². The first-order valence-electron chi connectivity index (χ1n) is 3.62. The first-order valence-corrected chi connectivity index (χ1v) is 3.62. The van der Waals surface area contributed by atoms with Gasteiger partial charge in [0.25, 0.3) is 0 Å². The smallest absolute Gasteiger partial charge is 0.0833 e. The summed E-state index contributed by atoms with van der Waals surface area (Å²) in [5, 5.41) is 2.44. The van der Waals surface area contributed by atoms with Crippen LogP contribution in [0, 0.1) is 5.92 Å². The van der Waals surface area contributed by atoms with Crippen molar-refractivity contribution in [3.8, 4) is 0 Å². The first kappa shape index (κ1) is 6.09. The lowest BCUT2D eigenvalue weighted by molar-refractivity contribution is -0.696. The number of quaternary nitrogens is 1. The monoisotopic (exact) mass is 114 g/mol. The summed E-state index contributed by atoms with van der Waals surface area (Å²) in [7, 11) is 0. The fourth-order valence-corrected chi connectivity index (χ4v) is 1.51. The highest BCUT2D eigenvalue weighted by molar-refractivity contribution is 4.59. The Bertz CT molecular complexity index is 62.8. The Morgan fingerprint density at radius 1 is 1.38 bits per heavy atom. The molecule has 1 aliphatic rings. The molecule has 1 fully saturated rings. The van der Waals surface area contributed by atoms with Gasteiger partial charge >= 0.3 is 0 Å². The summed E-state index contributed by atoms with van der Waals surface area (Å²) in [5.41, 5.74) is 0. The van der Waals surface area contributed by atoms with Crippen LogP contribution in [0.3, 0.4) is 0 Å². The maximum absolute atomic E-state index is 2.44. The van der Waals surface area contributed by atoms with Gasteiger partial charge in [0.15, 0.2) is 0 Å². The summed E-state index contributed by atoms with van der Waals surface area (Å²) in [4.78, 5) is 0. The van der Waals surface area contributed by atoms with Crippen molar-refractivity contribution >= 4 is 0 Å². The highest BCUT2D eigenvalue weighted by Crippen LogP contribution is 2.09. The van der Waals surface area contributed by atoms with Crippen molar-refractivity contribution in [3.63, 3.8) is 0 Å². The zero-order valence-corrected chi connectivity index (χ0v) is 5.85. The summed E-state index contributed by atoms with van der Waals surface area (Å²) in [6, 6.07) is 0.888. The summed E-state index contributed by atoms with van der Waals surface area (Å²) < 4.78 is 0. The van der Waals surface area contributed by atoms with E-state index < -0.39 is 0 Å². The topological polar surface area (TPSA) is 16.6 Å². The molecule has 1 rings (SSSR count). The Morgan fingerprint density at radius 2 is 2.12 bits per heavy atom. The van der Waals surface area contributed by atoms with Crippen LogP contribution in [0.4, 0.5) is 0 Å². The van der Waals surface area contributed by atoms with Crippen LogP contribution in [0.15, 0.2) is 0 Å². The predicted octanol–water partition coefficient (Wildman–Crippen LogP) is 0.368. The van der Waals surface area contributed by atoms with Crippen LogP contribution < -0.4 is 5.32 Å². The van der Waals surface area contributed by atoms with Crippen LogP contribution in [0.1, 0.15) is 26.7 Å². The van der Waals surface area contributed by atoms with Gasteiger partial charge in [0.1, 0.15) is 0 Å². The Morgan fingerprint density at radius 3 is 2.50 bits per heavy atom. The van der Waals surface area contributed by atoms with Crippen LogP contribution in [-0.2, 0) is 0 Å². The van der Waals surface area contributed by atoms with E-state index in [9.17, 15) is 0 Å². The molecule has 0 aliphatic carbocycles. The van der Waals surface area contributed by atoms with Crippen LogP contribution in [-0.4, -0.2) is 12.6 Å². The normalized spacial score (nSPS) is 39.8. The number of rotatable bonds is 0. The molecule has 0 bridgehead atoms. The van der Waals surface area contributed by atoms with Crippen LogP contribution in [0.2, 0.25) is 0 Å². The molecular formula is C7H16N+. The van der Waals surface area contributed by atoms with Gasteiger partial charge in [-0.1, -0.05) is 6.92 Å². The Balaban J connectivity index is 2.23. The average Bonchev–Trinajstić information content (AvgIpc) is 1.64. The Kier molecular flexibility index (Phi) is 1.90. The lowest BCUT2D eigenvalue weighted by Crippen LogP contribution is -2.91. The third kappa shape index (κ3) is 1.48. The maximum Gasteiger partial charge on any atom is 0.0833 e. The minimum atomic E-state index is 0.888. The molecule has 0 saturated carbocycles. The summed E-state index contributed by atoms with van der Waals surface area (Å²) in [6.45, 7) is 6.02. The highest BCUT2D eigenvalue weighted by Gasteiger charge is 2.16. The second-order valence-electron chi connectivity index (χ2n) is 3.13. The van der Waals surface area contributed by atoms with Gasteiger partial charge in [-0.05, 0) is 19.3 Å². The minimum absolute atomic E-state index is 0.888. The van der Waals surface area contributed by atoms with Gasteiger partial charge < -0.3 is 5.32 Å². The minimum Gasteiger partial charge on any atom is -0.344 e. The second-order valence-corrected chi connectivity index (χ2v) is 3.13. The molecule has 1 saturated heterocycles. The standard InChI is InChI=1S/C7H15N/c1-6-3-4-8-7(2)5-6/h6-8H,3-5H2,1-2H3/p+1/t6-,7+/m1/s1. The Labute approximate surface area is 51.5 Å². The van der Waals surface area contributed by atoms with Crippen LogP contribution in [0.5, 0.6) is 0 Å². The number of hydrogen-bond acceptors (Lipinski definition) is 0. The fourth-order valence-electron chi connectivity index (χ4n) is 1.51. The van der Waals surface area contributed by atoms with E-state index in [0.29, 0.717) is 0 Å². The SMILES string of the molecule is C[C@@H]1CC[NH2+][C@@H](C)C1. The molecule has 0 aromatic carbocycles. The van der Waals surface area contributed by atoms with E-state index in [0.717, 1.165) is 12.0 Å². The predicted molar refractivity (Wildman–Crippen MR) is 34.7 cm³/mol. The maximum atomic E-state index is 2.44. The molecule has 1 heteroatoms. The molecule has 1 heterocycles. The zero-order chi connectivity index (χ0) is 5.98. The van der Waals surface area contributed by atoms with Crippen molar-refractivity contribution in [2.45, 2.75) is 32.7 Å². The van der Waals surface area contributed by atoms with E-state index in [1.807, 2.05) is 0 Å². The van der Waals surface area contributed by atoms with E-state index in [2.05, 4.69) is 19.2 Å². The zero-order valence-electron chi connectivity index (χ0n) is 5.85. The third-order valence-electron chi connectivity index (χ3n) is 2.00. The van der Waals surface area contributed by atoms with Crippen molar-refractivity contribution in [1.29, 1.82) is 0 Å². The van der Waals surface area contributed by atoms with Gasteiger partial charge in [-0.15, -0.1) is 0 Å². The van der Waals surface area contributed by atoms with Crippen LogP contribution in [0.25, 0.3) is 0 Å². The molecule has 0 aromatic heterocycles. The molecule has 2 atom stereocenters. The molecule has 0 aromatic rings. The summed E-state index contributed by atoms with van der Waals surface area (Å²) in [5.74, 6) is 0.981. The van der Waals surface area contributed by atoms with Crippen molar-refractivity contribution in [3.05, 3.63) is 0 Å². The third-order valence-corrected chi connectivity index (χ3v) is 2.00. The molecule has 0 amide bonds. The summed E-state index contributed by atoms with van der Waals surface area (Å²) in [6.07, 6.45) is 2.84. The van der Waals surface area contributed by atoms with E-state index in [-0.39, 0.29) is 0 Å². The molecule has 0 spiro atoms. The Hall–Kier alpha value is -0.0400. The second kappa shape index (κ2) is 2.49. The van der Waals surface area contributed by atoms with Gasteiger partial charge in [-0.3, -0.25) is 0 Å². The fraction of sp³-hybridized carbons (Fsp3) is 1.00. The largest absolute Gasteiger partial charge is 0.344 e. The number of nitrogens with two attached hydrogens (primary N) is 1. The number of hydrogen-bond donors (Lipinski definition) is 1. The molecule has 0 radical (unpaired) electrons. The van der Waals surface area contributed by atoms with Crippen molar-refractivity contribution in [2.75, 3.05) is 6.54 Å². The van der Waals surface area contributed by atoms with Gasteiger partial charge in [-0.25, -0.2) is 0 Å². The van der Waals surface area contributed by atoms with E-state index in [1.165, 1.54) is 19.4 Å². The van der Waals surface area contributed by atoms with Gasteiger partial charge in [0, 0.05) is 6.42 Å². The van der Waals surface area contributed by atoms with Gasteiger partial charge in [0.2, 0.25) is 0 Å². The number of piperidine rings is 1. The molecule has 0 unspecified atom stereocenters. The molecule has 1 nitrogen and oxygen atoms in total. The lowest BCUT2D eigenvalue weighted by Gasteiger charge is -2.21. The average molecular weight is 114 g/mol. The molecular weight excluding hydrogens is 98.1 g/mol. The van der Waals surface area contributed by atoms with Gasteiger partial charge in [-0.2, -0.15) is 0 Å². The quantitative estimate of drug-likeness (QED) is 0.468. The molecule has 48 valence electrons.